The van der Waals surface area contributed by atoms with Gasteiger partial charge in [-0.2, -0.15) is 0 Å². The van der Waals surface area contributed by atoms with Crippen LogP contribution in [0.1, 0.15) is 13.3 Å². The van der Waals surface area contributed by atoms with Crippen LogP contribution in [0.5, 0.6) is 0 Å². The third-order valence-corrected chi connectivity index (χ3v) is 1.77. The summed E-state index contributed by atoms with van der Waals surface area (Å²) in [5.74, 6) is 0.567. The molecule has 0 saturated heterocycles. The van der Waals surface area contributed by atoms with E-state index in [1.165, 1.54) is 0 Å². The summed E-state index contributed by atoms with van der Waals surface area (Å²) in [5.41, 5.74) is 0. The molecule has 1 aliphatic heterocycles. The summed E-state index contributed by atoms with van der Waals surface area (Å²) in [6, 6.07) is -0.139. The van der Waals surface area contributed by atoms with Gasteiger partial charge in [0.25, 0.3) is 0 Å². The lowest BCUT2D eigenvalue weighted by atomic mass is 10.2. The van der Waals surface area contributed by atoms with Crippen molar-refractivity contribution in [3.05, 3.63) is 11.8 Å². The van der Waals surface area contributed by atoms with Crippen LogP contribution in [0.2, 0.25) is 0 Å². The molecule has 1 atom stereocenters. The van der Waals surface area contributed by atoms with Crippen molar-refractivity contribution in [3.8, 4) is 0 Å². The van der Waals surface area contributed by atoms with E-state index in [1.54, 1.807) is 7.05 Å². The molecule has 0 bridgehead atoms. The zero-order valence-corrected chi connectivity index (χ0v) is 6.89. The first-order valence-corrected chi connectivity index (χ1v) is 3.80. The lowest BCUT2D eigenvalue weighted by Gasteiger charge is -2.08. The third-order valence-electron chi connectivity index (χ3n) is 1.77. The maximum Gasteiger partial charge on any atom is 0.213 e. The lowest BCUT2D eigenvalue weighted by Crippen LogP contribution is -2.31. The van der Waals surface area contributed by atoms with Crippen molar-refractivity contribution >= 4 is 5.78 Å². The minimum atomic E-state index is -0.139. The average Bonchev–Trinajstić information content (AvgIpc) is 2.53. The molecule has 0 aromatic carbocycles. The van der Waals surface area contributed by atoms with Crippen LogP contribution in [-0.2, 0) is 9.53 Å². The Balaban J connectivity index is 2.53. The first-order chi connectivity index (χ1) is 5.25. The second kappa shape index (κ2) is 3.53. The first kappa shape index (κ1) is 8.27. The number of hydrogen-bond donors (Lipinski definition) is 1. The minimum absolute atomic E-state index is 0.0463. The summed E-state index contributed by atoms with van der Waals surface area (Å²) in [7, 11) is 1.76. The van der Waals surface area contributed by atoms with Gasteiger partial charge in [0, 0.05) is 6.42 Å². The summed E-state index contributed by atoms with van der Waals surface area (Å²) in [6.45, 7) is 2.47. The first-order valence-electron chi connectivity index (χ1n) is 3.80. The van der Waals surface area contributed by atoms with Gasteiger partial charge in [-0.3, -0.25) is 4.79 Å². The molecule has 1 aliphatic rings. The van der Waals surface area contributed by atoms with Crippen molar-refractivity contribution in [1.82, 2.24) is 5.32 Å². The molecule has 0 aliphatic carbocycles. The molecule has 1 heterocycles. The molecule has 11 heavy (non-hydrogen) atoms. The predicted octanol–water partition coefficient (Wildman–Crippen LogP) is 0.468. The third kappa shape index (κ3) is 1.80. The number of ether oxygens (including phenoxy) is 1. The molecule has 0 saturated carbocycles. The highest BCUT2D eigenvalue weighted by Gasteiger charge is 2.19. The molecule has 0 radical (unpaired) electrons. The zero-order chi connectivity index (χ0) is 8.27. The summed E-state index contributed by atoms with van der Waals surface area (Å²) in [6.07, 6.45) is 2.70. The largest absolute Gasteiger partial charge is 0.490 e. The number of rotatable bonds is 3. The van der Waals surface area contributed by atoms with Crippen LogP contribution in [0.15, 0.2) is 11.8 Å². The number of nitrogens with one attached hydrogen (secondary N) is 1. The second-order valence-electron chi connectivity index (χ2n) is 2.58. The Morgan fingerprint density at radius 1 is 1.82 bits per heavy atom. The molecule has 0 aromatic heterocycles. The number of Topliss-reactive ketones (excluding diaryl/α,β-unsaturated/α-hetero) is 1. The van der Waals surface area contributed by atoms with Crippen LogP contribution in [0, 0.1) is 0 Å². The summed E-state index contributed by atoms with van der Waals surface area (Å²) in [4.78, 5) is 11.3. The topological polar surface area (TPSA) is 38.3 Å². The van der Waals surface area contributed by atoms with Crippen LogP contribution in [-0.4, -0.2) is 25.5 Å². The van der Waals surface area contributed by atoms with E-state index in [0.29, 0.717) is 12.4 Å². The fourth-order valence-corrected chi connectivity index (χ4v) is 0.934. The number of likely N-dealkylation sites (N-methyl/N-ethyl adjacent to an activating group) is 1. The maximum atomic E-state index is 11.3. The lowest BCUT2D eigenvalue weighted by molar-refractivity contribution is -0.119. The van der Waals surface area contributed by atoms with Gasteiger partial charge < -0.3 is 10.1 Å². The maximum absolute atomic E-state index is 11.3. The van der Waals surface area contributed by atoms with Crippen molar-refractivity contribution in [2.75, 3.05) is 13.7 Å². The van der Waals surface area contributed by atoms with Gasteiger partial charge in [0.15, 0.2) is 5.76 Å². The zero-order valence-electron chi connectivity index (χ0n) is 6.89. The van der Waals surface area contributed by atoms with E-state index in [2.05, 4.69) is 5.32 Å². The van der Waals surface area contributed by atoms with Crippen molar-refractivity contribution in [1.29, 1.82) is 0 Å². The van der Waals surface area contributed by atoms with Gasteiger partial charge in [-0.05, 0) is 20.0 Å². The number of carbonyl (C=O) groups is 1. The molecule has 3 nitrogen and oxygen atoms in total. The van der Waals surface area contributed by atoms with Crippen molar-refractivity contribution in [2.24, 2.45) is 0 Å². The molecule has 1 rings (SSSR count). The Morgan fingerprint density at radius 3 is 3.00 bits per heavy atom. The fraction of sp³-hybridized carbons (Fsp3) is 0.625. The highest BCUT2D eigenvalue weighted by atomic mass is 16.5. The smallest absolute Gasteiger partial charge is 0.213 e. The molecule has 1 N–H and O–H groups in total. The summed E-state index contributed by atoms with van der Waals surface area (Å²) >= 11 is 0. The van der Waals surface area contributed by atoms with Gasteiger partial charge in [0.05, 0.1) is 12.6 Å². The van der Waals surface area contributed by atoms with E-state index in [9.17, 15) is 4.79 Å². The highest BCUT2D eigenvalue weighted by molar-refractivity contribution is 5.97. The monoisotopic (exact) mass is 155 g/mol. The molecular formula is C8H13NO2. The number of ketones is 1. The molecule has 62 valence electrons. The van der Waals surface area contributed by atoms with E-state index in [1.807, 2.05) is 13.0 Å². The fourth-order valence-electron chi connectivity index (χ4n) is 0.934. The molecule has 0 spiro atoms. The van der Waals surface area contributed by atoms with E-state index in [-0.39, 0.29) is 11.8 Å². The Hall–Kier alpha value is -0.830. The molecule has 3 heteroatoms. The van der Waals surface area contributed by atoms with Gasteiger partial charge in [0.1, 0.15) is 0 Å². The van der Waals surface area contributed by atoms with Crippen LogP contribution in [0.4, 0.5) is 0 Å². The van der Waals surface area contributed by atoms with E-state index in [4.69, 9.17) is 4.74 Å². The highest BCUT2D eigenvalue weighted by Crippen LogP contribution is 2.11. The van der Waals surface area contributed by atoms with Crippen molar-refractivity contribution in [3.63, 3.8) is 0 Å². The molecule has 0 aromatic rings. The Labute approximate surface area is 66.4 Å². The van der Waals surface area contributed by atoms with E-state index in [0.717, 1.165) is 6.42 Å². The molecule has 1 unspecified atom stereocenters. The Bertz CT molecular complexity index is 187. The van der Waals surface area contributed by atoms with Crippen molar-refractivity contribution in [2.45, 2.75) is 19.4 Å². The van der Waals surface area contributed by atoms with Gasteiger partial charge >= 0.3 is 0 Å². The van der Waals surface area contributed by atoms with E-state index >= 15 is 0 Å². The van der Waals surface area contributed by atoms with Gasteiger partial charge in [-0.25, -0.2) is 0 Å². The minimum Gasteiger partial charge on any atom is -0.490 e. The average molecular weight is 155 g/mol. The molecule has 0 fully saturated rings. The second-order valence-corrected chi connectivity index (χ2v) is 2.58. The SMILES string of the molecule is CNC(C)C(=O)C1=CCCO1. The van der Waals surface area contributed by atoms with E-state index < -0.39 is 0 Å². The van der Waals surface area contributed by atoms with Gasteiger partial charge in [-0.1, -0.05) is 0 Å². The molecule has 0 amide bonds. The predicted molar refractivity (Wildman–Crippen MR) is 42.2 cm³/mol. The van der Waals surface area contributed by atoms with Crippen LogP contribution < -0.4 is 5.32 Å². The Kier molecular flexibility index (Phi) is 2.65. The normalized spacial score (nSPS) is 18.9. The van der Waals surface area contributed by atoms with Crippen LogP contribution >= 0.6 is 0 Å². The van der Waals surface area contributed by atoms with Crippen molar-refractivity contribution < 1.29 is 9.53 Å². The summed E-state index contributed by atoms with van der Waals surface area (Å²) in [5, 5.41) is 2.87. The Morgan fingerprint density at radius 2 is 2.55 bits per heavy atom. The standard InChI is InChI=1S/C8H13NO2/c1-6(9-2)8(10)7-4-3-5-11-7/h4,6,9H,3,5H2,1-2H3. The van der Waals surface area contributed by atoms with Gasteiger partial charge in [0.2, 0.25) is 5.78 Å². The summed E-state index contributed by atoms with van der Waals surface area (Å²) < 4.78 is 5.11. The van der Waals surface area contributed by atoms with Gasteiger partial charge in [-0.15, -0.1) is 0 Å². The number of carbonyl (C=O) groups excluding carboxylic acids is 1. The quantitative estimate of drug-likeness (QED) is 0.643. The van der Waals surface area contributed by atoms with Crippen LogP contribution in [0.25, 0.3) is 0 Å². The van der Waals surface area contributed by atoms with Crippen LogP contribution in [0.3, 0.4) is 0 Å². The number of hydrogen-bond acceptors (Lipinski definition) is 3. The molecular weight excluding hydrogens is 142 g/mol.